The molecule has 144 valence electrons. The fraction of sp³-hybridized carbons (Fsp3) is 0.650. The van der Waals surface area contributed by atoms with Gasteiger partial charge in [0.05, 0.1) is 12.2 Å². The second kappa shape index (κ2) is 7.94. The van der Waals surface area contributed by atoms with Crippen LogP contribution in [0.3, 0.4) is 0 Å². The van der Waals surface area contributed by atoms with Gasteiger partial charge in [-0.1, -0.05) is 30.3 Å². The van der Waals surface area contributed by atoms with Crippen LogP contribution in [-0.4, -0.2) is 82.9 Å². The zero-order valence-electron chi connectivity index (χ0n) is 16.1. The monoisotopic (exact) mass is 361 g/mol. The van der Waals surface area contributed by atoms with Crippen molar-refractivity contribution in [2.24, 2.45) is 0 Å². The van der Waals surface area contributed by atoms with E-state index in [9.17, 15) is 9.90 Å². The Morgan fingerprint density at radius 3 is 2.23 bits per heavy atom. The smallest absolute Gasteiger partial charge is 0.407 e. The number of rotatable bonds is 5. The largest absolute Gasteiger partial charge is 0.465 e. The van der Waals surface area contributed by atoms with Gasteiger partial charge < -0.3 is 14.7 Å². The van der Waals surface area contributed by atoms with Gasteiger partial charge in [-0.3, -0.25) is 9.80 Å². The molecule has 26 heavy (non-hydrogen) atoms. The lowest BCUT2D eigenvalue weighted by molar-refractivity contribution is -0.140. The third-order valence-corrected chi connectivity index (χ3v) is 5.16. The van der Waals surface area contributed by atoms with Crippen LogP contribution in [0.15, 0.2) is 30.3 Å². The van der Waals surface area contributed by atoms with Crippen LogP contribution in [0.1, 0.15) is 26.3 Å². The first kappa shape index (κ1) is 19.1. The molecule has 2 bridgehead atoms. The minimum atomic E-state index is -0.847. The normalized spacial score (nSPS) is 24.4. The molecule has 0 aromatic heterocycles. The molecule has 6 nitrogen and oxygen atoms in total. The minimum Gasteiger partial charge on any atom is -0.465 e. The molecular weight excluding hydrogens is 330 g/mol. The summed E-state index contributed by atoms with van der Waals surface area (Å²) in [5.41, 5.74) is 0.965. The molecule has 1 aromatic carbocycles. The lowest BCUT2D eigenvalue weighted by atomic mass is 10.1. The number of ether oxygens (including phenoxy) is 1. The van der Waals surface area contributed by atoms with Gasteiger partial charge in [0.2, 0.25) is 0 Å². The van der Waals surface area contributed by atoms with Gasteiger partial charge in [0, 0.05) is 51.4 Å². The topological polar surface area (TPSA) is 56.2 Å². The van der Waals surface area contributed by atoms with Crippen molar-refractivity contribution in [3.8, 4) is 0 Å². The van der Waals surface area contributed by atoms with E-state index >= 15 is 0 Å². The Labute approximate surface area is 156 Å². The lowest BCUT2D eigenvalue weighted by Crippen LogP contribution is -2.60. The van der Waals surface area contributed by atoms with E-state index in [2.05, 4.69) is 34.1 Å². The SMILES string of the molecule is CC(C)(C)N(CCN1CC2CN(Cc3ccccc3)CC(C1)O2)C(=O)O. The van der Waals surface area contributed by atoms with Crippen LogP contribution in [0.5, 0.6) is 0 Å². The van der Waals surface area contributed by atoms with Gasteiger partial charge in [0.1, 0.15) is 0 Å². The van der Waals surface area contributed by atoms with E-state index in [0.29, 0.717) is 6.54 Å². The van der Waals surface area contributed by atoms with Crippen LogP contribution in [0.4, 0.5) is 4.79 Å². The Balaban J connectivity index is 1.51. The third-order valence-electron chi connectivity index (χ3n) is 5.16. The molecule has 2 saturated heterocycles. The van der Waals surface area contributed by atoms with Gasteiger partial charge in [-0.15, -0.1) is 0 Å². The van der Waals surface area contributed by atoms with Crippen molar-refractivity contribution >= 4 is 6.09 Å². The summed E-state index contributed by atoms with van der Waals surface area (Å²) < 4.78 is 6.13. The number of carboxylic acid groups (broad SMARTS) is 1. The molecule has 2 unspecified atom stereocenters. The second-order valence-corrected chi connectivity index (χ2v) is 8.42. The van der Waals surface area contributed by atoms with Crippen molar-refractivity contribution in [3.05, 3.63) is 35.9 Å². The highest BCUT2D eigenvalue weighted by Crippen LogP contribution is 2.21. The molecule has 6 heteroatoms. The Morgan fingerprint density at radius 2 is 1.69 bits per heavy atom. The van der Waals surface area contributed by atoms with Crippen molar-refractivity contribution in [2.75, 3.05) is 39.3 Å². The van der Waals surface area contributed by atoms with Crippen molar-refractivity contribution in [1.29, 1.82) is 0 Å². The molecule has 3 rings (SSSR count). The molecule has 0 saturated carbocycles. The average molecular weight is 361 g/mol. The van der Waals surface area contributed by atoms with Gasteiger partial charge in [-0.25, -0.2) is 4.79 Å². The Kier molecular flexibility index (Phi) is 5.85. The number of hydrogen-bond donors (Lipinski definition) is 1. The van der Waals surface area contributed by atoms with Crippen molar-refractivity contribution < 1.29 is 14.6 Å². The van der Waals surface area contributed by atoms with Crippen molar-refractivity contribution in [3.63, 3.8) is 0 Å². The molecule has 2 atom stereocenters. The van der Waals surface area contributed by atoms with Gasteiger partial charge in [-0.2, -0.15) is 0 Å². The summed E-state index contributed by atoms with van der Waals surface area (Å²) in [6.07, 6.45) is -0.432. The summed E-state index contributed by atoms with van der Waals surface area (Å²) in [5, 5.41) is 9.45. The number of hydrogen-bond acceptors (Lipinski definition) is 4. The first-order chi connectivity index (χ1) is 12.3. The Morgan fingerprint density at radius 1 is 1.12 bits per heavy atom. The molecule has 1 amide bonds. The van der Waals surface area contributed by atoms with Crippen LogP contribution in [0.25, 0.3) is 0 Å². The van der Waals surface area contributed by atoms with Crippen LogP contribution >= 0.6 is 0 Å². The highest BCUT2D eigenvalue weighted by molar-refractivity contribution is 5.65. The quantitative estimate of drug-likeness (QED) is 0.872. The summed E-state index contributed by atoms with van der Waals surface area (Å²) in [5.74, 6) is 0. The number of nitrogens with zero attached hydrogens (tertiary/aromatic N) is 3. The van der Waals surface area contributed by atoms with Crippen LogP contribution < -0.4 is 0 Å². The van der Waals surface area contributed by atoms with E-state index in [4.69, 9.17) is 4.74 Å². The fourth-order valence-electron chi connectivity index (χ4n) is 3.97. The molecule has 0 spiro atoms. The van der Waals surface area contributed by atoms with Crippen molar-refractivity contribution in [1.82, 2.24) is 14.7 Å². The van der Waals surface area contributed by atoms with Crippen LogP contribution in [0.2, 0.25) is 0 Å². The lowest BCUT2D eigenvalue weighted by Gasteiger charge is -2.46. The molecule has 0 radical (unpaired) electrons. The van der Waals surface area contributed by atoms with E-state index in [-0.39, 0.29) is 17.7 Å². The molecule has 1 aromatic rings. The molecule has 2 heterocycles. The Hall–Kier alpha value is -1.63. The van der Waals surface area contributed by atoms with E-state index in [0.717, 1.165) is 39.3 Å². The van der Waals surface area contributed by atoms with E-state index in [1.54, 1.807) is 0 Å². The first-order valence-corrected chi connectivity index (χ1v) is 9.46. The maximum absolute atomic E-state index is 11.5. The molecule has 2 aliphatic heterocycles. The Bertz CT molecular complexity index is 588. The number of carbonyl (C=O) groups is 1. The fourth-order valence-corrected chi connectivity index (χ4v) is 3.97. The number of amides is 1. The minimum absolute atomic E-state index is 0.208. The zero-order chi connectivity index (χ0) is 18.7. The van der Waals surface area contributed by atoms with Crippen LogP contribution in [0, 0.1) is 0 Å². The van der Waals surface area contributed by atoms with E-state index in [1.165, 1.54) is 10.5 Å². The van der Waals surface area contributed by atoms with Crippen LogP contribution in [-0.2, 0) is 11.3 Å². The molecule has 1 N–H and O–H groups in total. The summed E-state index contributed by atoms with van der Waals surface area (Å²) in [7, 11) is 0. The van der Waals surface area contributed by atoms with E-state index < -0.39 is 6.09 Å². The van der Waals surface area contributed by atoms with Gasteiger partial charge in [-0.05, 0) is 26.3 Å². The predicted molar refractivity (Wildman–Crippen MR) is 101 cm³/mol. The van der Waals surface area contributed by atoms with Crippen molar-refractivity contribution in [2.45, 2.75) is 45.1 Å². The van der Waals surface area contributed by atoms with E-state index in [1.807, 2.05) is 26.8 Å². The standard InChI is InChI=1S/C20H31N3O3/c1-20(2,3)23(19(24)25)10-9-21-12-17-14-22(15-18(13-21)26-17)11-16-7-5-4-6-8-16/h4-8,17-18H,9-15H2,1-3H3,(H,24,25). The maximum Gasteiger partial charge on any atom is 0.407 e. The highest BCUT2D eigenvalue weighted by atomic mass is 16.5. The number of morpholine rings is 2. The predicted octanol–water partition coefficient (Wildman–Crippen LogP) is 2.35. The first-order valence-electron chi connectivity index (χ1n) is 9.46. The summed E-state index contributed by atoms with van der Waals surface area (Å²) in [4.78, 5) is 17.9. The second-order valence-electron chi connectivity index (χ2n) is 8.42. The van der Waals surface area contributed by atoms with Gasteiger partial charge >= 0.3 is 6.09 Å². The molecule has 2 fully saturated rings. The maximum atomic E-state index is 11.5. The molecule has 2 aliphatic rings. The molecular formula is C20H31N3O3. The third kappa shape index (κ3) is 4.96. The summed E-state index contributed by atoms with van der Waals surface area (Å²) >= 11 is 0. The number of fused-ring (bicyclic) bond motifs is 2. The summed E-state index contributed by atoms with van der Waals surface area (Å²) in [6.45, 7) is 11.7. The number of benzene rings is 1. The van der Waals surface area contributed by atoms with Gasteiger partial charge in [0.25, 0.3) is 0 Å². The highest BCUT2D eigenvalue weighted by Gasteiger charge is 2.35. The zero-order valence-corrected chi connectivity index (χ0v) is 16.1. The summed E-state index contributed by atoms with van der Waals surface area (Å²) in [6, 6.07) is 10.6. The average Bonchev–Trinajstić information content (AvgIpc) is 2.53. The van der Waals surface area contributed by atoms with Gasteiger partial charge in [0.15, 0.2) is 0 Å². The molecule has 0 aliphatic carbocycles.